The zero-order chi connectivity index (χ0) is 21.4. The summed E-state index contributed by atoms with van der Waals surface area (Å²) >= 11 is 0. The second-order valence-corrected chi connectivity index (χ2v) is 8.53. The molecule has 9 heteroatoms. The monoisotopic (exact) mass is 422 g/mol. The van der Waals surface area contributed by atoms with Crippen LogP contribution in [0.15, 0.2) is 34.9 Å². The smallest absolute Gasteiger partial charge is 0.268 e. The first-order valence-electron chi connectivity index (χ1n) is 10.6. The molecule has 1 fully saturated rings. The van der Waals surface area contributed by atoms with E-state index in [9.17, 15) is 4.79 Å². The van der Waals surface area contributed by atoms with E-state index in [-0.39, 0.29) is 5.91 Å². The number of fused-ring (bicyclic) bond motifs is 2. The molecule has 0 aliphatic carbocycles. The van der Waals surface area contributed by atoms with Crippen LogP contribution in [-0.4, -0.2) is 41.1 Å². The van der Waals surface area contributed by atoms with Crippen molar-refractivity contribution >= 4 is 40.1 Å². The molecule has 2 aliphatic heterocycles. The highest BCUT2D eigenvalue weighted by Crippen LogP contribution is 2.36. The van der Waals surface area contributed by atoms with Gasteiger partial charge in [-0.15, -0.1) is 0 Å². The summed E-state index contributed by atoms with van der Waals surface area (Å²) in [7, 11) is 0. The Kier molecular flexibility index (Phi) is 4.90. The van der Waals surface area contributed by atoms with Gasteiger partial charge in [0.25, 0.3) is 5.91 Å². The normalized spacial score (nSPS) is 19.9. The molecule has 2 aliphatic rings. The van der Waals surface area contributed by atoms with Crippen molar-refractivity contribution in [2.24, 2.45) is 5.92 Å². The number of hydrogen-bond donors (Lipinski definition) is 4. The van der Waals surface area contributed by atoms with Crippen molar-refractivity contribution in [3.63, 3.8) is 0 Å². The quantitative estimate of drug-likeness (QED) is 0.494. The van der Waals surface area contributed by atoms with Crippen LogP contribution in [0.4, 0.5) is 23.1 Å². The van der Waals surface area contributed by atoms with Crippen molar-refractivity contribution in [1.82, 2.24) is 15.3 Å². The molecule has 0 radical (unpaired) electrons. The number of ether oxygens (including phenoxy) is 1. The van der Waals surface area contributed by atoms with Gasteiger partial charge < -0.3 is 30.4 Å². The molecule has 1 aromatic carbocycles. The Bertz CT molecular complexity index is 1120. The standard InChI is InChI=1S/C22H26N6O3/c1-22(2)20(29)26-16-10-14(5-6-17(16)31-22)25-21-27-15-7-9-30-18(15)19(28-21)24-12-13-4-3-8-23-11-13/h5-7,9-10,13,23H,3-4,8,11-12H2,1-2H3,(H,26,29)(H2,24,25,27,28). The fraction of sp³-hybridized carbons (Fsp3) is 0.409. The average Bonchev–Trinajstić information content (AvgIpc) is 3.22. The van der Waals surface area contributed by atoms with Crippen LogP contribution in [0.1, 0.15) is 26.7 Å². The first-order valence-corrected chi connectivity index (χ1v) is 10.6. The van der Waals surface area contributed by atoms with Gasteiger partial charge >= 0.3 is 0 Å². The molecule has 4 N–H and O–H groups in total. The third-order valence-electron chi connectivity index (χ3n) is 5.66. The Balaban J connectivity index is 1.37. The second-order valence-electron chi connectivity index (χ2n) is 8.53. The SMILES string of the molecule is CC1(C)Oc2ccc(Nc3nc(NCC4CCCNC4)c4occc4n3)cc2NC1=O. The summed E-state index contributed by atoms with van der Waals surface area (Å²) in [5, 5.41) is 13.0. The average molecular weight is 422 g/mol. The van der Waals surface area contributed by atoms with E-state index < -0.39 is 5.60 Å². The van der Waals surface area contributed by atoms with Crippen molar-refractivity contribution in [3.8, 4) is 5.75 Å². The number of rotatable bonds is 5. The Hall–Kier alpha value is -3.33. The van der Waals surface area contributed by atoms with Crippen LogP contribution in [-0.2, 0) is 4.79 Å². The highest BCUT2D eigenvalue weighted by Gasteiger charge is 2.35. The zero-order valence-corrected chi connectivity index (χ0v) is 17.6. The van der Waals surface area contributed by atoms with E-state index in [0.29, 0.717) is 34.7 Å². The summed E-state index contributed by atoms with van der Waals surface area (Å²) in [4.78, 5) is 21.4. The molecule has 5 rings (SSSR count). The van der Waals surface area contributed by atoms with Crippen LogP contribution in [0.3, 0.4) is 0 Å². The van der Waals surface area contributed by atoms with Crippen LogP contribution >= 0.6 is 0 Å². The maximum atomic E-state index is 12.2. The van der Waals surface area contributed by atoms with Crippen molar-refractivity contribution in [2.75, 3.05) is 35.6 Å². The lowest BCUT2D eigenvalue weighted by atomic mass is 10.00. The minimum atomic E-state index is -0.897. The van der Waals surface area contributed by atoms with E-state index in [4.69, 9.17) is 9.15 Å². The van der Waals surface area contributed by atoms with Crippen LogP contribution in [0, 0.1) is 5.92 Å². The van der Waals surface area contributed by atoms with Crippen molar-refractivity contribution < 1.29 is 13.9 Å². The molecule has 1 amide bonds. The summed E-state index contributed by atoms with van der Waals surface area (Å²) in [5.41, 5.74) is 1.82. The highest BCUT2D eigenvalue weighted by molar-refractivity contribution is 6.00. The minimum Gasteiger partial charge on any atom is -0.476 e. The molecule has 1 unspecified atom stereocenters. The van der Waals surface area contributed by atoms with Crippen LogP contribution < -0.4 is 26.0 Å². The number of hydrogen-bond acceptors (Lipinski definition) is 8. The minimum absolute atomic E-state index is 0.183. The molecule has 162 valence electrons. The van der Waals surface area contributed by atoms with Gasteiger partial charge in [0.1, 0.15) is 11.3 Å². The molecule has 1 saturated heterocycles. The predicted molar refractivity (Wildman–Crippen MR) is 119 cm³/mol. The van der Waals surface area contributed by atoms with E-state index in [1.807, 2.05) is 24.3 Å². The molecule has 4 heterocycles. The summed E-state index contributed by atoms with van der Waals surface area (Å²) in [5.74, 6) is 2.11. The van der Waals surface area contributed by atoms with Gasteiger partial charge in [-0.2, -0.15) is 4.98 Å². The van der Waals surface area contributed by atoms with Crippen LogP contribution in [0.5, 0.6) is 5.75 Å². The van der Waals surface area contributed by atoms with Gasteiger partial charge in [-0.25, -0.2) is 4.98 Å². The highest BCUT2D eigenvalue weighted by atomic mass is 16.5. The summed E-state index contributed by atoms with van der Waals surface area (Å²) < 4.78 is 11.4. The lowest BCUT2D eigenvalue weighted by Crippen LogP contribution is -2.45. The molecule has 0 saturated carbocycles. The van der Waals surface area contributed by atoms with E-state index >= 15 is 0 Å². The lowest BCUT2D eigenvalue weighted by Gasteiger charge is -2.31. The summed E-state index contributed by atoms with van der Waals surface area (Å²) in [6.45, 7) is 6.39. The molecule has 2 aromatic heterocycles. The van der Waals surface area contributed by atoms with Gasteiger partial charge in [-0.1, -0.05) is 0 Å². The number of amides is 1. The van der Waals surface area contributed by atoms with Gasteiger partial charge in [0, 0.05) is 18.3 Å². The first-order chi connectivity index (χ1) is 15.0. The number of nitrogens with zero attached hydrogens (tertiary/aromatic N) is 2. The molecular weight excluding hydrogens is 396 g/mol. The molecule has 3 aromatic rings. The largest absolute Gasteiger partial charge is 0.476 e. The lowest BCUT2D eigenvalue weighted by molar-refractivity contribution is -0.129. The van der Waals surface area contributed by atoms with E-state index in [1.165, 1.54) is 12.8 Å². The Morgan fingerprint density at radius 1 is 1.26 bits per heavy atom. The fourth-order valence-corrected chi connectivity index (χ4v) is 3.90. The topological polar surface area (TPSA) is 113 Å². The second kappa shape index (κ2) is 7.73. The number of carbonyl (C=O) groups is 1. The number of nitrogens with one attached hydrogen (secondary N) is 4. The van der Waals surface area contributed by atoms with Crippen molar-refractivity contribution in [3.05, 3.63) is 30.5 Å². The maximum Gasteiger partial charge on any atom is 0.268 e. The molecular formula is C22H26N6O3. The van der Waals surface area contributed by atoms with Gasteiger partial charge in [-0.3, -0.25) is 4.79 Å². The molecule has 0 bridgehead atoms. The third kappa shape index (κ3) is 4.00. The Morgan fingerprint density at radius 2 is 2.16 bits per heavy atom. The number of piperidine rings is 1. The fourth-order valence-electron chi connectivity index (χ4n) is 3.90. The van der Waals surface area contributed by atoms with Gasteiger partial charge in [0.2, 0.25) is 5.95 Å². The molecule has 1 atom stereocenters. The first kappa shape index (κ1) is 19.6. The number of carbonyl (C=O) groups excluding carboxylic acids is 1. The molecule has 0 spiro atoms. The van der Waals surface area contributed by atoms with Crippen LogP contribution in [0.25, 0.3) is 11.1 Å². The van der Waals surface area contributed by atoms with Gasteiger partial charge in [0.05, 0.1) is 12.0 Å². The third-order valence-corrected chi connectivity index (χ3v) is 5.66. The Labute approximate surface area is 180 Å². The van der Waals surface area contributed by atoms with Crippen molar-refractivity contribution in [1.29, 1.82) is 0 Å². The van der Waals surface area contributed by atoms with E-state index in [0.717, 1.165) is 30.8 Å². The zero-order valence-electron chi connectivity index (χ0n) is 17.6. The number of benzene rings is 1. The Morgan fingerprint density at radius 3 is 3.00 bits per heavy atom. The number of furan rings is 1. The molecule has 31 heavy (non-hydrogen) atoms. The number of aromatic nitrogens is 2. The van der Waals surface area contributed by atoms with Crippen molar-refractivity contribution in [2.45, 2.75) is 32.3 Å². The maximum absolute atomic E-state index is 12.2. The van der Waals surface area contributed by atoms with E-state index in [2.05, 4.69) is 31.2 Å². The van der Waals surface area contributed by atoms with Crippen LogP contribution in [0.2, 0.25) is 0 Å². The molecule has 9 nitrogen and oxygen atoms in total. The summed E-state index contributed by atoms with van der Waals surface area (Å²) in [6, 6.07) is 7.32. The number of anilines is 4. The van der Waals surface area contributed by atoms with Gasteiger partial charge in [0.15, 0.2) is 17.0 Å². The van der Waals surface area contributed by atoms with E-state index in [1.54, 1.807) is 20.1 Å². The van der Waals surface area contributed by atoms with Gasteiger partial charge in [-0.05, 0) is 63.9 Å². The summed E-state index contributed by atoms with van der Waals surface area (Å²) in [6.07, 6.45) is 4.00. The predicted octanol–water partition coefficient (Wildman–Crippen LogP) is 3.49.